The number of carboxylic acid groups (broad SMARTS) is 1. The quantitative estimate of drug-likeness (QED) is 0.656. The zero-order chi connectivity index (χ0) is 9.68. The molecule has 2 N–H and O–H groups in total. The molecule has 1 atom stereocenters. The molecule has 1 rings (SSSR count). The maximum absolute atomic E-state index is 10.6. The lowest BCUT2D eigenvalue weighted by Crippen LogP contribution is -2.35. The Kier molecular flexibility index (Phi) is 4.18. The smallest absolute Gasteiger partial charge is 0.304 e. The number of hydrogen-bond donors (Lipinski definition) is 2. The summed E-state index contributed by atoms with van der Waals surface area (Å²) in [7, 11) is 0. The topological polar surface area (TPSA) is 52.6 Å². The molecule has 0 spiro atoms. The van der Waals surface area contributed by atoms with E-state index in [1.807, 2.05) is 0 Å². The summed E-state index contributed by atoms with van der Waals surface area (Å²) in [4.78, 5) is 12.8. The average molecular weight is 186 g/mol. The van der Waals surface area contributed by atoms with Crippen LogP contribution < -0.4 is 5.32 Å². The molecule has 0 aromatic carbocycles. The minimum Gasteiger partial charge on any atom is -0.481 e. The van der Waals surface area contributed by atoms with Crippen molar-refractivity contribution in [3.05, 3.63) is 0 Å². The van der Waals surface area contributed by atoms with Crippen molar-refractivity contribution in [2.45, 2.75) is 32.2 Å². The molecule has 0 aromatic heterocycles. The maximum atomic E-state index is 10.6. The summed E-state index contributed by atoms with van der Waals surface area (Å²) in [5, 5.41) is 11.9. The van der Waals surface area contributed by atoms with Crippen LogP contribution in [-0.2, 0) is 4.79 Å². The fourth-order valence-electron chi connectivity index (χ4n) is 1.78. The third-order valence-corrected chi connectivity index (χ3v) is 2.44. The van der Waals surface area contributed by atoms with Crippen LogP contribution >= 0.6 is 0 Å². The molecule has 1 fully saturated rings. The molecule has 4 heteroatoms. The molecular formula is C9H18N2O2. The number of carboxylic acids is 1. The van der Waals surface area contributed by atoms with Gasteiger partial charge in [0.1, 0.15) is 0 Å². The second-order valence-corrected chi connectivity index (χ2v) is 3.51. The second kappa shape index (κ2) is 5.19. The van der Waals surface area contributed by atoms with E-state index >= 15 is 0 Å². The lowest BCUT2D eigenvalue weighted by molar-refractivity contribution is -0.138. The highest BCUT2D eigenvalue weighted by Gasteiger charge is 2.22. The molecule has 13 heavy (non-hydrogen) atoms. The van der Waals surface area contributed by atoms with E-state index in [0.29, 0.717) is 0 Å². The van der Waals surface area contributed by atoms with E-state index < -0.39 is 5.97 Å². The van der Waals surface area contributed by atoms with E-state index in [1.54, 1.807) is 0 Å². The molecule has 76 valence electrons. The summed E-state index contributed by atoms with van der Waals surface area (Å²) in [6, 6.07) is 0.220. The molecule has 1 aliphatic heterocycles. The zero-order valence-electron chi connectivity index (χ0n) is 8.12. The number of hydrogen-bond acceptors (Lipinski definition) is 3. The van der Waals surface area contributed by atoms with Crippen molar-refractivity contribution in [3.8, 4) is 0 Å². The maximum Gasteiger partial charge on any atom is 0.304 e. The second-order valence-electron chi connectivity index (χ2n) is 3.51. The predicted molar refractivity (Wildman–Crippen MR) is 50.5 cm³/mol. The predicted octanol–water partition coefficient (Wildman–Crippen LogP) is 0.492. The molecule has 0 bridgehead atoms. The molecular weight excluding hydrogens is 168 g/mol. The molecule has 1 aliphatic rings. The first-order chi connectivity index (χ1) is 6.24. The summed E-state index contributed by atoms with van der Waals surface area (Å²) >= 11 is 0. The monoisotopic (exact) mass is 186 g/mol. The Morgan fingerprint density at radius 1 is 1.69 bits per heavy atom. The molecule has 0 amide bonds. The van der Waals surface area contributed by atoms with Crippen molar-refractivity contribution >= 4 is 5.97 Å². The normalized spacial score (nSPS) is 20.4. The Balaban J connectivity index is 2.39. The van der Waals surface area contributed by atoms with E-state index in [2.05, 4.69) is 17.1 Å². The highest BCUT2D eigenvalue weighted by Crippen LogP contribution is 2.12. The third kappa shape index (κ3) is 3.32. The molecule has 0 aliphatic carbocycles. The summed E-state index contributed by atoms with van der Waals surface area (Å²) in [6.45, 7) is 4.91. The minimum absolute atomic E-state index is 0.220. The van der Waals surface area contributed by atoms with E-state index in [1.165, 1.54) is 0 Å². The Hall–Kier alpha value is -0.610. The molecule has 0 radical (unpaired) electrons. The van der Waals surface area contributed by atoms with E-state index in [0.717, 1.165) is 32.6 Å². The van der Waals surface area contributed by atoms with Crippen LogP contribution in [-0.4, -0.2) is 41.8 Å². The number of carbonyl (C=O) groups is 1. The molecule has 0 aromatic rings. The van der Waals surface area contributed by atoms with Gasteiger partial charge in [0.05, 0.1) is 6.42 Å². The van der Waals surface area contributed by atoms with Crippen LogP contribution in [0.2, 0.25) is 0 Å². The molecule has 1 unspecified atom stereocenters. The van der Waals surface area contributed by atoms with Gasteiger partial charge in [-0.05, 0) is 6.42 Å². The van der Waals surface area contributed by atoms with Gasteiger partial charge in [0.25, 0.3) is 0 Å². The SMILES string of the molecule is CCCC(CC(=O)O)N1CCNC1. The van der Waals surface area contributed by atoms with Crippen molar-refractivity contribution in [3.63, 3.8) is 0 Å². The molecule has 1 heterocycles. The third-order valence-electron chi connectivity index (χ3n) is 2.44. The summed E-state index contributed by atoms with van der Waals surface area (Å²) in [5.74, 6) is -0.689. The molecule has 4 nitrogen and oxygen atoms in total. The number of nitrogens with zero attached hydrogens (tertiary/aromatic N) is 1. The Labute approximate surface area is 78.9 Å². The Morgan fingerprint density at radius 3 is 2.92 bits per heavy atom. The van der Waals surface area contributed by atoms with Gasteiger partial charge in [-0.15, -0.1) is 0 Å². The number of rotatable bonds is 5. The van der Waals surface area contributed by atoms with Crippen molar-refractivity contribution in [2.24, 2.45) is 0 Å². The van der Waals surface area contributed by atoms with Gasteiger partial charge in [0, 0.05) is 25.8 Å². The van der Waals surface area contributed by atoms with Crippen LogP contribution in [0.4, 0.5) is 0 Å². The van der Waals surface area contributed by atoms with Crippen LogP contribution in [0.5, 0.6) is 0 Å². The lowest BCUT2D eigenvalue weighted by Gasteiger charge is -2.24. The lowest BCUT2D eigenvalue weighted by atomic mass is 10.1. The van der Waals surface area contributed by atoms with Crippen molar-refractivity contribution in [2.75, 3.05) is 19.8 Å². The van der Waals surface area contributed by atoms with E-state index in [9.17, 15) is 4.79 Å². The van der Waals surface area contributed by atoms with Crippen molar-refractivity contribution in [1.82, 2.24) is 10.2 Å². The van der Waals surface area contributed by atoms with Crippen LogP contribution in [0.3, 0.4) is 0 Å². The van der Waals surface area contributed by atoms with Gasteiger partial charge in [-0.3, -0.25) is 9.69 Å². The molecule has 1 saturated heterocycles. The fraction of sp³-hybridized carbons (Fsp3) is 0.889. The highest BCUT2D eigenvalue weighted by atomic mass is 16.4. The summed E-state index contributed by atoms with van der Waals surface area (Å²) < 4.78 is 0. The number of nitrogens with one attached hydrogen (secondary N) is 1. The van der Waals surface area contributed by atoms with Crippen molar-refractivity contribution < 1.29 is 9.90 Å². The van der Waals surface area contributed by atoms with Crippen LogP contribution in [0.15, 0.2) is 0 Å². The van der Waals surface area contributed by atoms with Gasteiger partial charge in [-0.1, -0.05) is 13.3 Å². The largest absolute Gasteiger partial charge is 0.481 e. The standard InChI is InChI=1S/C9H18N2O2/c1-2-3-8(6-9(12)13)11-5-4-10-7-11/h8,10H,2-7H2,1H3,(H,12,13). The van der Waals surface area contributed by atoms with Gasteiger partial charge in [0.15, 0.2) is 0 Å². The summed E-state index contributed by atoms with van der Waals surface area (Å²) in [6.07, 6.45) is 2.30. The average Bonchev–Trinajstić information content (AvgIpc) is 2.54. The fourth-order valence-corrected chi connectivity index (χ4v) is 1.78. The first-order valence-electron chi connectivity index (χ1n) is 4.90. The molecule has 0 saturated carbocycles. The minimum atomic E-state index is -0.689. The van der Waals surface area contributed by atoms with Gasteiger partial charge >= 0.3 is 5.97 Å². The van der Waals surface area contributed by atoms with Crippen LogP contribution in [0.25, 0.3) is 0 Å². The first-order valence-corrected chi connectivity index (χ1v) is 4.90. The zero-order valence-corrected chi connectivity index (χ0v) is 8.12. The van der Waals surface area contributed by atoms with Gasteiger partial charge in [-0.2, -0.15) is 0 Å². The summed E-state index contributed by atoms with van der Waals surface area (Å²) in [5.41, 5.74) is 0. The van der Waals surface area contributed by atoms with Gasteiger partial charge in [-0.25, -0.2) is 0 Å². The van der Waals surface area contributed by atoms with Crippen molar-refractivity contribution in [1.29, 1.82) is 0 Å². The number of aliphatic carboxylic acids is 1. The highest BCUT2D eigenvalue weighted by molar-refractivity contribution is 5.67. The van der Waals surface area contributed by atoms with Crippen LogP contribution in [0.1, 0.15) is 26.2 Å². The van der Waals surface area contributed by atoms with E-state index in [-0.39, 0.29) is 12.5 Å². The van der Waals surface area contributed by atoms with Crippen LogP contribution in [0, 0.1) is 0 Å². The Bertz CT molecular complexity index is 167. The Morgan fingerprint density at radius 2 is 2.46 bits per heavy atom. The first kappa shape index (κ1) is 10.5. The van der Waals surface area contributed by atoms with Gasteiger partial charge < -0.3 is 10.4 Å². The van der Waals surface area contributed by atoms with E-state index in [4.69, 9.17) is 5.11 Å². The van der Waals surface area contributed by atoms with Gasteiger partial charge in [0.2, 0.25) is 0 Å².